The molecule has 23 heavy (non-hydrogen) atoms. The molecule has 0 bridgehead atoms. The minimum atomic E-state index is -0.418. The molecule has 2 heterocycles. The van der Waals surface area contributed by atoms with Crippen LogP contribution in [0.15, 0.2) is 64.3 Å². The van der Waals surface area contributed by atoms with Crippen molar-refractivity contribution in [3.63, 3.8) is 0 Å². The summed E-state index contributed by atoms with van der Waals surface area (Å²) < 4.78 is 11.0. The summed E-state index contributed by atoms with van der Waals surface area (Å²) in [4.78, 5) is 11.4. The van der Waals surface area contributed by atoms with Gasteiger partial charge in [0.2, 0.25) is 0 Å². The van der Waals surface area contributed by atoms with Crippen molar-refractivity contribution in [3.05, 3.63) is 76.7 Å². The van der Waals surface area contributed by atoms with Gasteiger partial charge in [0.1, 0.15) is 17.1 Å². The van der Waals surface area contributed by atoms with Crippen LogP contribution in [0.4, 0.5) is 0 Å². The summed E-state index contributed by atoms with van der Waals surface area (Å²) in [5, 5.41) is 11.1. The molecule has 0 saturated heterocycles. The molecule has 0 spiro atoms. The molecule has 4 rings (SSSR count). The van der Waals surface area contributed by atoms with Gasteiger partial charge in [-0.2, -0.15) is 0 Å². The largest absolute Gasteiger partial charge is 0.508 e. The first kappa shape index (κ1) is 13.6. The highest BCUT2D eigenvalue weighted by Crippen LogP contribution is 2.44. The number of para-hydroxylation sites is 1. The number of hydrogen-bond donors (Lipinski definition) is 1. The van der Waals surface area contributed by atoms with Gasteiger partial charge in [-0.1, -0.05) is 24.8 Å². The molecule has 1 unspecified atom stereocenters. The van der Waals surface area contributed by atoms with Crippen LogP contribution in [-0.2, 0) is 0 Å². The van der Waals surface area contributed by atoms with Crippen LogP contribution < -0.4 is 10.4 Å². The Morgan fingerprint density at radius 1 is 1.09 bits per heavy atom. The molecule has 3 aromatic rings. The highest BCUT2D eigenvalue weighted by Gasteiger charge is 2.28. The van der Waals surface area contributed by atoms with Crippen LogP contribution >= 0.6 is 0 Å². The molecule has 2 aromatic carbocycles. The summed E-state index contributed by atoms with van der Waals surface area (Å²) in [6.45, 7) is 4.57. The number of fused-ring (bicyclic) bond motifs is 2. The fourth-order valence-electron chi connectivity index (χ4n) is 3.10. The number of phenols is 1. The van der Waals surface area contributed by atoms with Gasteiger partial charge in [-0.15, -0.1) is 0 Å². The molecule has 4 heteroatoms. The molecule has 0 saturated carbocycles. The molecule has 1 aromatic heterocycles. The van der Waals surface area contributed by atoms with E-state index in [-0.39, 0.29) is 11.7 Å². The molecule has 0 amide bonds. The third-order valence-corrected chi connectivity index (χ3v) is 4.23. The van der Waals surface area contributed by atoms with E-state index in [1.165, 1.54) is 12.1 Å². The Kier molecular flexibility index (Phi) is 2.98. The monoisotopic (exact) mass is 306 g/mol. The Hall–Kier alpha value is -3.01. The van der Waals surface area contributed by atoms with Crippen LogP contribution in [0.2, 0.25) is 0 Å². The number of rotatable bonds is 1. The van der Waals surface area contributed by atoms with E-state index in [1.54, 1.807) is 12.1 Å². The zero-order valence-electron chi connectivity index (χ0n) is 12.3. The quantitative estimate of drug-likeness (QED) is 0.697. The number of aromatic hydroxyl groups is 1. The minimum absolute atomic E-state index is 0.139. The van der Waals surface area contributed by atoms with Gasteiger partial charge in [-0.05, 0) is 29.8 Å². The molecule has 1 aliphatic rings. The smallest absolute Gasteiger partial charge is 0.336 e. The van der Waals surface area contributed by atoms with Crippen LogP contribution in [0, 0.1) is 0 Å². The third kappa shape index (κ3) is 2.11. The Morgan fingerprint density at radius 2 is 1.91 bits per heavy atom. The predicted molar refractivity (Wildman–Crippen MR) is 87.9 cm³/mol. The molecule has 0 aliphatic carbocycles. The first-order chi connectivity index (χ1) is 11.1. The van der Waals surface area contributed by atoms with Crippen molar-refractivity contribution < 1.29 is 14.3 Å². The fourth-order valence-corrected chi connectivity index (χ4v) is 3.10. The second-order valence-electron chi connectivity index (χ2n) is 5.55. The van der Waals surface area contributed by atoms with Crippen LogP contribution in [0.25, 0.3) is 16.5 Å². The van der Waals surface area contributed by atoms with Gasteiger partial charge in [0.25, 0.3) is 0 Å². The summed E-state index contributed by atoms with van der Waals surface area (Å²) in [5.41, 5.74) is 2.50. The molecule has 1 N–H and O–H groups in total. The molecule has 114 valence electrons. The predicted octanol–water partition coefficient (Wildman–Crippen LogP) is 3.69. The Morgan fingerprint density at radius 3 is 2.78 bits per heavy atom. The Bertz CT molecular complexity index is 984. The maximum absolute atomic E-state index is 11.4. The Labute approximate surface area is 132 Å². The van der Waals surface area contributed by atoms with E-state index in [0.29, 0.717) is 23.1 Å². The van der Waals surface area contributed by atoms with Crippen molar-refractivity contribution in [1.29, 1.82) is 0 Å². The summed E-state index contributed by atoms with van der Waals surface area (Å²) in [5.74, 6) is 0.724. The lowest BCUT2D eigenvalue weighted by Gasteiger charge is -2.29. The van der Waals surface area contributed by atoms with E-state index in [9.17, 15) is 9.90 Å². The summed E-state index contributed by atoms with van der Waals surface area (Å²) in [6, 6.07) is 13.8. The number of benzene rings is 2. The molecular weight excluding hydrogens is 292 g/mol. The van der Waals surface area contributed by atoms with Crippen LogP contribution in [0.1, 0.15) is 17.0 Å². The van der Waals surface area contributed by atoms with Gasteiger partial charge in [0.05, 0.1) is 6.61 Å². The van der Waals surface area contributed by atoms with Gasteiger partial charge < -0.3 is 14.3 Å². The van der Waals surface area contributed by atoms with Gasteiger partial charge in [0.15, 0.2) is 0 Å². The van der Waals surface area contributed by atoms with E-state index in [4.69, 9.17) is 9.15 Å². The zero-order valence-corrected chi connectivity index (χ0v) is 12.3. The van der Waals surface area contributed by atoms with Crippen molar-refractivity contribution >= 4 is 16.5 Å². The SMILES string of the molecule is C=C1c2ccccc2OCC1c1c(O)ccc2oc(=O)ccc12. The average molecular weight is 306 g/mol. The summed E-state index contributed by atoms with van der Waals surface area (Å²) in [6.07, 6.45) is 0. The number of ether oxygens (including phenoxy) is 1. The fraction of sp³-hybridized carbons (Fsp3) is 0.105. The second kappa shape index (κ2) is 5.02. The normalized spacial score (nSPS) is 16.9. The van der Waals surface area contributed by atoms with Crippen molar-refractivity contribution in [1.82, 2.24) is 0 Å². The lowest BCUT2D eigenvalue weighted by molar-refractivity contribution is 0.295. The van der Waals surface area contributed by atoms with Gasteiger partial charge in [-0.25, -0.2) is 4.79 Å². The van der Waals surface area contributed by atoms with E-state index in [1.807, 2.05) is 24.3 Å². The number of hydrogen-bond acceptors (Lipinski definition) is 4. The first-order valence-electron chi connectivity index (χ1n) is 7.32. The van der Waals surface area contributed by atoms with E-state index >= 15 is 0 Å². The maximum Gasteiger partial charge on any atom is 0.336 e. The molecule has 0 fully saturated rings. The summed E-state index contributed by atoms with van der Waals surface area (Å²) >= 11 is 0. The van der Waals surface area contributed by atoms with E-state index in [0.717, 1.165) is 16.9 Å². The average Bonchev–Trinajstić information content (AvgIpc) is 2.56. The van der Waals surface area contributed by atoms with Gasteiger partial charge in [-0.3, -0.25) is 0 Å². The highest BCUT2D eigenvalue weighted by atomic mass is 16.5. The van der Waals surface area contributed by atoms with Crippen molar-refractivity contribution in [2.75, 3.05) is 6.61 Å². The molecule has 1 atom stereocenters. The van der Waals surface area contributed by atoms with Crippen LogP contribution in [0.5, 0.6) is 11.5 Å². The first-order valence-corrected chi connectivity index (χ1v) is 7.32. The van der Waals surface area contributed by atoms with Gasteiger partial charge in [0, 0.05) is 28.5 Å². The summed E-state index contributed by atoms with van der Waals surface area (Å²) in [7, 11) is 0. The van der Waals surface area contributed by atoms with Crippen LogP contribution in [-0.4, -0.2) is 11.7 Å². The minimum Gasteiger partial charge on any atom is -0.508 e. The molecule has 0 radical (unpaired) electrons. The standard InChI is InChI=1S/C19H14O4/c1-11-12-4-2-3-5-16(12)22-10-14(11)19-13-6-9-18(21)23-17(13)8-7-15(19)20/h2-9,14,20H,1,10H2. The van der Waals surface area contributed by atoms with Crippen molar-refractivity contribution in [2.45, 2.75) is 5.92 Å². The third-order valence-electron chi connectivity index (χ3n) is 4.23. The topological polar surface area (TPSA) is 59.7 Å². The highest BCUT2D eigenvalue weighted by molar-refractivity contribution is 5.88. The van der Waals surface area contributed by atoms with E-state index < -0.39 is 5.63 Å². The Balaban J connectivity index is 1.92. The molecule has 1 aliphatic heterocycles. The number of phenolic OH excluding ortho intramolecular Hbond substituents is 1. The lowest BCUT2D eigenvalue weighted by atomic mass is 9.84. The van der Waals surface area contributed by atoms with Gasteiger partial charge >= 0.3 is 5.63 Å². The lowest BCUT2D eigenvalue weighted by Crippen LogP contribution is -2.18. The van der Waals surface area contributed by atoms with Crippen molar-refractivity contribution in [2.24, 2.45) is 0 Å². The van der Waals surface area contributed by atoms with Crippen molar-refractivity contribution in [3.8, 4) is 11.5 Å². The molecule has 4 nitrogen and oxygen atoms in total. The zero-order chi connectivity index (χ0) is 16.0. The van der Waals surface area contributed by atoms with Crippen LogP contribution in [0.3, 0.4) is 0 Å². The molecular formula is C19H14O4. The van der Waals surface area contributed by atoms with E-state index in [2.05, 4.69) is 6.58 Å². The maximum atomic E-state index is 11.4. The second-order valence-corrected chi connectivity index (χ2v) is 5.55.